The molecule has 0 saturated carbocycles. The number of carbonyl (C=O) groups excluding carboxylic acids is 1. The first-order chi connectivity index (χ1) is 13.2. The van der Waals surface area contributed by atoms with Gasteiger partial charge in [-0.3, -0.25) is 4.79 Å². The van der Waals surface area contributed by atoms with Gasteiger partial charge >= 0.3 is 0 Å². The van der Waals surface area contributed by atoms with Crippen molar-refractivity contribution in [1.82, 2.24) is 9.38 Å². The summed E-state index contributed by atoms with van der Waals surface area (Å²) < 4.78 is 26.4. The van der Waals surface area contributed by atoms with E-state index in [4.69, 9.17) is 9.47 Å². The Morgan fingerprint density at radius 2 is 2.07 bits per heavy atom. The largest absolute Gasteiger partial charge is 0.496 e. The van der Waals surface area contributed by atoms with Crippen LogP contribution in [0.1, 0.15) is 34.8 Å². The summed E-state index contributed by atoms with van der Waals surface area (Å²) in [7, 11) is 1.49. The van der Waals surface area contributed by atoms with Gasteiger partial charge in [0.05, 0.1) is 24.1 Å². The maximum atomic E-state index is 13.8. The quantitative estimate of drug-likeness (QED) is 0.763. The first-order valence-corrected chi connectivity index (χ1v) is 8.86. The Balaban J connectivity index is 1.67. The zero-order valence-corrected chi connectivity index (χ0v) is 14.9. The van der Waals surface area contributed by atoms with Crippen molar-refractivity contribution in [3.05, 3.63) is 59.8 Å². The lowest BCUT2D eigenvalue weighted by Crippen LogP contribution is -2.15. The highest BCUT2D eigenvalue weighted by Crippen LogP contribution is 2.28. The highest BCUT2D eigenvalue weighted by Gasteiger charge is 2.21. The van der Waals surface area contributed by atoms with Gasteiger partial charge < -0.3 is 19.2 Å². The van der Waals surface area contributed by atoms with E-state index in [-0.39, 0.29) is 5.69 Å². The smallest absolute Gasteiger partial charge is 0.261 e. The fraction of sp³-hybridized carbons (Fsp3) is 0.300. The number of nitrogens with one attached hydrogen (secondary N) is 1. The van der Waals surface area contributed by atoms with E-state index < -0.39 is 11.7 Å². The number of fused-ring (bicyclic) bond motifs is 1. The summed E-state index contributed by atoms with van der Waals surface area (Å²) in [5, 5.41) is 2.59. The average Bonchev–Trinajstić information content (AvgIpc) is 3.12. The van der Waals surface area contributed by atoms with E-state index in [2.05, 4.69) is 10.3 Å². The highest BCUT2D eigenvalue weighted by atomic mass is 19.1. The number of nitrogens with zero attached hydrogens (tertiary/aromatic N) is 2. The number of anilines is 1. The van der Waals surface area contributed by atoms with Crippen LogP contribution in [0.4, 0.5) is 10.1 Å². The summed E-state index contributed by atoms with van der Waals surface area (Å²) in [4.78, 5) is 17.4. The van der Waals surface area contributed by atoms with Crippen LogP contribution in [0.5, 0.6) is 5.75 Å². The Labute approximate surface area is 155 Å². The number of ether oxygens (including phenoxy) is 2. The van der Waals surface area contributed by atoms with Crippen molar-refractivity contribution < 1.29 is 18.7 Å². The van der Waals surface area contributed by atoms with Crippen molar-refractivity contribution in [1.29, 1.82) is 0 Å². The van der Waals surface area contributed by atoms with Gasteiger partial charge in [0.1, 0.15) is 17.2 Å². The molecule has 3 aromatic rings. The van der Waals surface area contributed by atoms with Gasteiger partial charge in [0.15, 0.2) is 0 Å². The number of aromatic nitrogens is 2. The van der Waals surface area contributed by atoms with E-state index in [1.54, 1.807) is 24.4 Å². The molecule has 140 valence electrons. The summed E-state index contributed by atoms with van der Waals surface area (Å²) >= 11 is 0. The second-order valence-electron chi connectivity index (χ2n) is 6.51. The van der Waals surface area contributed by atoms with Crippen molar-refractivity contribution in [3.63, 3.8) is 0 Å². The molecule has 0 unspecified atom stereocenters. The van der Waals surface area contributed by atoms with Crippen LogP contribution >= 0.6 is 0 Å². The number of benzene rings is 1. The number of halogens is 1. The molecule has 27 heavy (non-hydrogen) atoms. The number of hydrogen-bond acceptors (Lipinski definition) is 4. The lowest BCUT2D eigenvalue weighted by molar-refractivity contribution is 0.0846. The number of hydrogen-bond donors (Lipinski definition) is 1. The highest BCUT2D eigenvalue weighted by molar-refractivity contribution is 6.06. The summed E-state index contributed by atoms with van der Waals surface area (Å²) in [5.74, 6) is -0.198. The number of carbonyl (C=O) groups is 1. The summed E-state index contributed by atoms with van der Waals surface area (Å²) in [6, 6.07) is 7.76. The van der Waals surface area contributed by atoms with Gasteiger partial charge in [0.2, 0.25) is 0 Å². The van der Waals surface area contributed by atoms with Gasteiger partial charge in [-0.25, -0.2) is 9.37 Å². The monoisotopic (exact) mass is 369 g/mol. The van der Waals surface area contributed by atoms with Crippen LogP contribution in [0.25, 0.3) is 5.65 Å². The van der Waals surface area contributed by atoms with Crippen molar-refractivity contribution >= 4 is 17.2 Å². The molecular weight excluding hydrogens is 349 g/mol. The van der Waals surface area contributed by atoms with E-state index in [1.165, 1.54) is 19.2 Å². The van der Waals surface area contributed by atoms with Gasteiger partial charge in [0.25, 0.3) is 5.91 Å². The van der Waals surface area contributed by atoms with Gasteiger partial charge in [0, 0.05) is 37.6 Å². The molecule has 1 N–H and O–H groups in total. The topological polar surface area (TPSA) is 64.9 Å². The van der Waals surface area contributed by atoms with Crippen LogP contribution in [0.3, 0.4) is 0 Å². The van der Waals surface area contributed by atoms with Crippen molar-refractivity contribution in [3.8, 4) is 5.75 Å². The molecule has 0 bridgehead atoms. The molecule has 1 saturated heterocycles. The molecule has 7 heteroatoms. The maximum absolute atomic E-state index is 13.8. The van der Waals surface area contributed by atoms with E-state index in [1.807, 2.05) is 10.6 Å². The van der Waals surface area contributed by atoms with E-state index in [0.717, 1.165) is 31.7 Å². The number of methoxy groups -OCH3 is 1. The molecule has 3 heterocycles. The van der Waals surface area contributed by atoms with Gasteiger partial charge in [-0.2, -0.15) is 0 Å². The van der Waals surface area contributed by atoms with Crippen molar-refractivity contribution in [2.45, 2.75) is 18.8 Å². The molecule has 0 atom stereocenters. The molecule has 1 amide bonds. The van der Waals surface area contributed by atoms with Crippen LogP contribution in [0.2, 0.25) is 0 Å². The molecular formula is C20H20FN3O3. The fourth-order valence-electron chi connectivity index (χ4n) is 3.32. The lowest BCUT2D eigenvalue weighted by Gasteiger charge is -2.19. The Morgan fingerprint density at radius 1 is 1.30 bits per heavy atom. The lowest BCUT2D eigenvalue weighted by atomic mass is 9.97. The van der Waals surface area contributed by atoms with E-state index in [9.17, 15) is 9.18 Å². The van der Waals surface area contributed by atoms with Gasteiger partial charge in [-0.1, -0.05) is 12.1 Å². The second kappa shape index (κ2) is 7.36. The molecule has 0 radical (unpaired) electrons. The number of rotatable bonds is 4. The van der Waals surface area contributed by atoms with Crippen LogP contribution in [-0.2, 0) is 4.74 Å². The number of amides is 1. The zero-order chi connectivity index (χ0) is 18.8. The molecule has 6 nitrogen and oxygen atoms in total. The first kappa shape index (κ1) is 17.5. The third-order valence-corrected chi connectivity index (χ3v) is 4.80. The first-order valence-electron chi connectivity index (χ1n) is 8.86. The van der Waals surface area contributed by atoms with Gasteiger partial charge in [-0.15, -0.1) is 0 Å². The summed E-state index contributed by atoms with van der Waals surface area (Å²) in [6.07, 6.45) is 5.47. The number of imidazole rings is 1. The normalized spacial score (nSPS) is 15.0. The minimum atomic E-state index is -0.490. The molecule has 0 aliphatic carbocycles. The second-order valence-corrected chi connectivity index (χ2v) is 6.51. The molecule has 4 rings (SSSR count). The minimum absolute atomic E-state index is 0.123. The summed E-state index contributed by atoms with van der Waals surface area (Å²) in [6.45, 7) is 1.47. The van der Waals surface area contributed by atoms with E-state index in [0.29, 0.717) is 22.9 Å². The van der Waals surface area contributed by atoms with Crippen molar-refractivity contribution in [2.75, 3.05) is 25.6 Å². The van der Waals surface area contributed by atoms with Crippen LogP contribution < -0.4 is 10.1 Å². The van der Waals surface area contributed by atoms with Crippen molar-refractivity contribution in [2.24, 2.45) is 0 Å². The fourth-order valence-corrected chi connectivity index (χ4v) is 3.32. The Bertz CT molecular complexity index is 980. The predicted molar refractivity (Wildman–Crippen MR) is 98.9 cm³/mol. The maximum Gasteiger partial charge on any atom is 0.261 e. The standard InChI is InChI=1S/C20H20FN3O3/c1-26-18-10-19-22-17(13-6-8-27-9-7-13)12-24(19)11-14(18)20(25)23-16-5-3-2-4-15(16)21/h2-5,10-13H,6-9H2,1H3,(H,23,25). The molecule has 1 aliphatic rings. The minimum Gasteiger partial charge on any atom is -0.496 e. The molecule has 2 aromatic heterocycles. The van der Waals surface area contributed by atoms with E-state index >= 15 is 0 Å². The average molecular weight is 369 g/mol. The summed E-state index contributed by atoms with van der Waals surface area (Å²) in [5.41, 5.74) is 2.12. The SMILES string of the molecule is COc1cc2nc(C3CCOCC3)cn2cc1C(=O)Nc1ccccc1F. The number of pyridine rings is 1. The van der Waals surface area contributed by atoms with Crippen LogP contribution in [0.15, 0.2) is 42.7 Å². The molecule has 1 fully saturated rings. The predicted octanol–water partition coefficient (Wildman–Crippen LogP) is 3.63. The van der Waals surface area contributed by atoms with Gasteiger partial charge in [-0.05, 0) is 25.0 Å². The third-order valence-electron chi connectivity index (χ3n) is 4.80. The third kappa shape index (κ3) is 3.50. The Hall–Kier alpha value is -2.93. The van der Waals surface area contributed by atoms with Crippen LogP contribution in [0, 0.1) is 5.82 Å². The molecule has 1 aromatic carbocycles. The number of para-hydroxylation sites is 1. The zero-order valence-electron chi connectivity index (χ0n) is 14.9. The van der Waals surface area contributed by atoms with Crippen LogP contribution in [-0.4, -0.2) is 35.6 Å². The Kier molecular flexibility index (Phi) is 4.77. The molecule has 1 aliphatic heterocycles. The Morgan fingerprint density at radius 3 is 2.81 bits per heavy atom. The molecule has 0 spiro atoms.